The molecule has 0 unspecified atom stereocenters. The van der Waals surface area contributed by atoms with Gasteiger partial charge in [-0.25, -0.2) is 0 Å². The molecule has 0 radical (unpaired) electrons. The summed E-state index contributed by atoms with van der Waals surface area (Å²) >= 11 is 0. The maximum Gasteiger partial charge on any atom is 0.239 e. The van der Waals surface area contributed by atoms with Gasteiger partial charge >= 0.3 is 0 Å². The molecule has 1 rings (SSSR count). The highest BCUT2D eigenvalue weighted by molar-refractivity contribution is 5.87. The van der Waals surface area contributed by atoms with E-state index < -0.39 is 6.04 Å². The molecule has 0 heterocycles. The molecule has 0 spiro atoms. The standard InChI is InChI=1S/C19H31N3O2/c1-6-14-7-9-15(10-8-14)19(4,5)12-22-16(23)11-21-18(24)17(20)13(2)3/h7-10,13,17H,6,11-12,20H2,1-5H3,(H,21,24)(H,22,23)/t17-/m0/s1. The first-order chi connectivity index (χ1) is 11.2. The van der Waals surface area contributed by atoms with Crippen LogP contribution in [0.4, 0.5) is 0 Å². The molecular formula is C19H31N3O2. The van der Waals surface area contributed by atoms with E-state index in [0.29, 0.717) is 6.54 Å². The molecule has 0 bridgehead atoms. The lowest BCUT2D eigenvalue weighted by Crippen LogP contribution is -2.48. The van der Waals surface area contributed by atoms with Crippen molar-refractivity contribution < 1.29 is 9.59 Å². The number of amides is 2. The summed E-state index contributed by atoms with van der Waals surface area (Å²) in [6.07, 6.45) is 1.01. The van der Waals surface area contributed by atoms with E-state index in [4.69, 9.17) is 5.73 Å². The van der Waals surface area contributed by atoms with Gasteiger partial charge in [0.05, 0.1) is 12.6 Å². The van der Waals surface area contributed by atoms with E-state index in [1.807, 2.05) is 13.8 Å². The molecule has 0 saturated heterocycles. The molecule has 5 nitrogen and oxygen atoms in total. The average Bonchev–Trinajstić information content (AvgIpc) is 2.57. The van der Waals surface area contributed by atoms with Gasteiger partial charge in [0.1, 0.15) is 0 Å². The molecule has 1 atom stereocenters. The summed E-state index contributed by atoms with van der Waals surface area (Å²) in [6.45, 7) is 10.5. The molecule has 0 saturated carbocycles. The molecule has 0 aliphatic rings. The summed E-state index contributed by atoms with van der Waals surface area (Å²) in [4.78, 5) is 23.7. The predicted molar refractivity (Wildman–Crippen MR) is 97.7 cm³/mol. The normalized spacial score (nSPS) is 12.8. The van der Waals surface area contributed by atoms with Crippen molar-refractivity contribution in [2.75, 3.05) is 13.1 Å². The zero-order valence-corrected chi connectivity index (χ0v) is 15.5. The third kappa shape index (κ3) is 5.96. The van der Waals surface area contributed by atoms with Crippen molar-refractivity contribution in [2.45, 2.75) is 52.5 Å². The van der Waals surface area contributed by atoms with Gasteiger partial charge in [-0.1, -0.05) is 58.9 Å². The van der Waals surface area contributed by atoms with Crippen LogP contribution in [0.2, 0.25) is 0 Å². The number of aryl methyl sites for hydroxylation is 1. The molecule has 2 amide bonds. The van der Waals surface area contributed by atoms with E-state index in [2.05, 4.69) is 55.7 Å². The Hall–Kier alpha value is -1.88. The molecule has 0 aliphatic heterocycles. The number of nitrogens with two attached hydrogens (primary N) is 1. The zero-order valence-electron chi connectivity index (χ0n) is 15.5. The zero-order chi connectivity index (χ0) is 18.3. The van der Waals surface area contributed by atoms with Crippen LogP contribution in [-0.4, -0.2) is 30.9 Å². The Balaban J connectivity index is 2.48. The van der Waals surface area contributed by atoms with Crippen LogP contribution in [0, 0.1) is 5.92 Å². The van der Waals surface area contributed by atoms with Gasteiger partial charge in [-0.3, -0.25) is 9.59 Å². The number of benzene rings is 1. The molecule has 5 heteroatoms. The molecule has 24 heavy (non-hydrogen) atoms. The van der Waals surface area contributed by atoms with E-state index in [1.54, 1.807) is 0 Å². The molecule has 1 aromatic carbocycles. The summed E-state index contributed by atoms with van der Waals surface area (Å²) in [6, 6.07) is 7.85. The molecule has 134 valence electrons. The molecule has 0 aromatic heterocycles. The van der Waals surface area contributed by atoms with Crippen molar-refractivity contribution in [3.63, 3.8) is 0 Å². The topological polar surface area (TPSA) is 84.2 Å². The molecule has 1 aromatic rings. The third-order valence-corrected chi connectivity index (χ3v) is 4.32. The number of carbonyl (C=O) groups excluding carboxylic acids is 2. The van der Waals surface area contributed by atoms with Gasteiger partial charge < -0.3 is 16.4 Å². The van der Waals surface area contributed by atoms with Crippen LogP contribution in [0.5, 0.6) is 0 Å². The van der Waals surface area contributed by atoms with Crippen LogP contribution in [0.3, 0.4) is 0 Å². The van der Waals surface area contributed by atoms with E-state index in [1.165, 1.54) is 11.1 Å². The minimum Gasteiger partial charge on any atom is -0.354 e. The summed E-state index contributed by atoms with van der Waals surface area (Å²) < 4.78 is 0. The lowest BCUT2D eigenvalue weighted by Gasteiger charge is -2.26. The summed E-state index contributed by atoms with van der Waals surface area (Å²) in [7, 11) is 0. The summed E-state index contributed by atoms with van der Waals surface area (Å²) in [5, 5.41) is 5.46. The summed E-state index contributed by atoms with van der Waals surface area (Å²) in [5.74, 6) is -0.467. The highest BCUT2D eigenvalue weighted by Gasteiger charge is 2.22. The maximum atomic E-state index is 12.0. The lowest BCUT2D eigenvalue weighted by atomic mass is 9.84. The fraction of sp³-hybridized carbons (Fsp3) is 0.579. The number of rotatable bonds is 8. The van der Waals surface area contributed by atoms with E-state index in [9.17, 15) is 9.59 Å². The second-order valence-corrected chi connectivity index (χ2v) is 7.20. The minimum atomic E-state index is -0.591. The number of hydrogen-bond acceptors (Lipinski definition) is 3. The quantitative estimate of drug-likeness (QED) is 0.677. The van der Waals surface area contributed by atoms with Gasteiger partial charge in [0.25, 0.3) is 0 Å². The number of nitrogens with one attached hydrogen (secondary N) is 2. The first-order valence-corrected chi connectivity index (χ1v) is 8.56. The Labute approximate surface area is 145 Å². The highest BCUT2D eigenvalue weighted by atomic mass is 16.2. The predicted octanol–water partition coefficient (Wildman–Crippen LogP) is 1.74. The lowest BCUT2D eigenvalue weighted by molar-refractivity contribution is -0.127. The van der Waals surface area contributed by atoms with E-state index >= 15 is 0 Å². The Morgan fingerprint density at radius 3 is 2.21 bits per heavy atom. The molecule has 4 N–H and O–H groups in total. The second kappa shape index (κ2) is 8.83. The van der Waals surface area contributed by atoms with Crippen LogP contribution in [0.15, 0.2) is 24.3 Å². The van der Waals surface area contributed by atoms with Gasteiger partial charge in [0.15, 0.2) is 0 Å². The summed E-state index contributed by atoms with van der Waals surface area (Å²) in [5.41, 5.74) is 8.03. The van der Waals surface area contributed by atoms with Gasteiger partial charge in [0.2, 0.25) is 11.8 Å². The van der Waals surface area contributed by atoms with Crippen LogP contribution in [-0.2, 0) is 21.4 Å². The monoisotopic (exact) mass is 333 g/mol. The molecular weight excluding hydrogens is 302 g/mol. The van der Waals surface area contributed by atoms with Crippen LogP contribution in [0.25, 0.3) is 0 Å². The van der Waals surface area contributed by atoms with E-state index in [0.717, 1.165) is 6.42 Å². The van der Waals surface area contributed by atoms with Gasteiger partial charge in [-0.15, -0.1) is 0 Å². The van der Waals surface area contributed by atoms with Gasteiger partial charge in [-0.05, 0) is 23.5 Å². The fourth-order valence-corrected chi connectivity index (χ4v) is 2.26. The Bertz CT molecular complexity index is 550. The molecule has 0 aliphatic carbocycles. The van der Waals surface area contributed by atoms with Crippen LogP contribution < -0.4 is 16.4 Å². The average molecular weight is 333 g/mol. The Morgan fingerprint density at radius 1 is 1.12 bits per heavy atom. The highest BCUT2D eigenvalue weighted by Crippen LogP contribution is 2.22. The minimum absolute atomic E-state index is 0.0399. The van der Waals surface area contributed by atoms with E-state index in [-0.39, 0.29) is 29.7 Å². The fourth-order valence-electron chi connectivity index (χ4n) is 2.26. The van der Waals surface area contributed by atoms with Gasteiger partial charge in [0, 0.05) is 12.0 Å². The van der Waals surface area contributed by atoms with Crippen molar-refractivity contribution in [2.24, 2.45) is 11.7 Å². The van der Waals surface area contributed by atoms with Crippen LogP contribution in [0.1, 0.15) is 45.7 Å². The first-order valence-electron chi connectivity index (χ1n) is 8.56. The van der Waals surface area contributed by atoms with Crippen molar-refractivity contribution in [3.05, 3.63) is 35.4 Å². The second-order valence-electron chi connectivity index (χ2n) is 7.20. The SMILES string of the molecule is CCc1ccc(C(C)(C)CNC(=O)CNC(=O)[C@@H](N)C(C)C)cc1. The smallest absolute Gasteiger partial charge is 0.239 e. The van der Waals surface area contributed by atoms with Crippen molar-refractivity contribution in [1.82, 2.24) is 10.6 Å². The van der Waals surface area contributed by atoms with Crippen LogP contribution >= 0.6 is 0 Å². The first kappa shape index (κ1) is 20.2. The largest absolute Gasteiger partial charge is 0.354 e. The number of carbonyl (C=O) groups is 2. The Morgan fingerprint density at radius 2 is 1.71 bits per heavy atom. The van der Waals surface area contributed by atoms with Gasteiger partial charge in [-0.2, -0.15) is 0 Å². The maximum absolute atomic E-state index is 12.0. The number of hydrogen-bond donors (Lipinski definition) is 3. The van der Waals surface area contributed by atoms with Crippen molar-refractivity contribution in [3.8, 4) is 0 Å². The Kier molecular flexibility index (Phi) is 7.42. The molecule has 0 fully saturated rings. The van der Waals surface area contributed by atoms with Crippen molar-refractivity contribution in [1.29, 1.82) is 0 Å². The van der Waals surface area contributed by atoms with Crippen molar-refractivity contribution >= 4 is 11.8 Å². The third-order valence-electron chi connectivity index (χ3n) is 4.32.